The molecule has 1 aromatic rings. The molecule has 6 N–H and O–H groups in total. The molecule has 3 heterocycles. The molecule has 3 aliphatic rings. The third-order valence-corrected chi connectivity index (χ3v) is 7.56. The summed E-state index contributed by atoms with van der Waals surface area (Å²) in [4.78, 5) is 26.6. The Morgan fingerprint density at radius 3 is 2.70 bits per heavy atom. The van der Waals surface area contributed by atoms with Gasteiger partial charge in [0.1, 0.15) is 35.2 Å². The topological polar surface area (TPSA) is 167 Å². The average molecular weight is 538 g/mol. The molecule has 4 bridgehead atoms. The number of benzene rings is 1. The van der Waals surface area contributed by atoms with Gasteiger partial charge in [0.2, 0.25) is 5.91 Å². The molecule has 37 heavy (non-hydrogen) atoms. The lowest BCUT2D eigenvalue weighted by atomic mass is 9.86. The fraction of sp³-hybridized carbons (Fsp3) is 0.520. The first kappa shape index (κ1) is 27.4. The number of methoxy groups -OCH3 is 1. The lowest BCUT2D eigenvalue weighted by Gasteiger charge is -2.40. The first-order valence-electron chi connectivity index (χ1n) is 11.9. The summed E-state index contributed by atoms with van der Waals surface area (Å²) in [7, 11) is 3.00. The number of carbonyl (C=O) groups excluding carboxylic acids is 2. The maximum atomic E-state index is 13.1. The van der Waals surface area contributed by atoms with E-state index in [1.807, 2.05) is 0 Å². The van der Waals surface area contributed by atoms with Gasteiger partial charge in [-0.2, -0.15) is 0 Å². The summed E-state index contributed by atoms with van der Waals surface area (Å²) in [5, 5.41) is 35.0. The molecule has 12 heteroatoms. The number of nitrogens with two attached hydrogens (primary N) is 1. The van der Waals surface area contributed by atoms with E-state index in [0.29, 0.717) is 17.9 Å². The van der Waals surface area contributed by atoms with Crippen molar-refractivity contribution in [3.63, 3.8) is 0 Å². The third-order valence-electron chi connectivity index (χ3n) is 7.18. The van der Waals surface area contributed by atoms with Crippen LogP contribution >= 0.6 is 11.6 Å². The Hall–Kier alpha value is -2.67. The monoisotopic (exact) mass is 537 g/mol. The zero-order chi connectivity index (χ0) is 27.1. The summed E-state index contributed by atoms with van der Waals surface area (Å²) in [5.74, 6) is -0.652. The number of epoxide rings is 1. The second kappa shape index (κ2) is 10.2. The molecular formula is C25H32ClN3O8. The van der Waals surface area contributed by atoms with E-state index in [9.17, 15) is 24.9 Å². The minimum atomic E-state index is -2.00. The SMILES string of the molecule is COc1cc2cc(c1Cl)N(C)C(=O)C[C@H](O)[C@]1(N)O[C@H]1[C@H](C)[C@@H]1C[C@@](O)(NC(=O)O1)[C@H](O)/C=C/C=C/C2. The number of anilines is 1. The zero-order valence-corrected chi connectivity index (χ0v) is 21.5. The second-order valence-electron chi connectivity index (χ2n) is 9.71. The van der Waals surface area contributed by atoms with Gasteiger partial charge in [0, 0.05) is 19.4 Å². The van der Waals surface area contributed by atoms with Crippen LogP contribution in [0.1, 0.15) is 25.3 Å². The summed E-state index contributed by atoms with van der Waals surface area (Å²) in [6.07, 6.45) is 0.895. The standard InChI is InChI=1S/C25H32ClN3O8/c1-13-17-12-24(34,28-23(33)36-17)18(30)8-6-4-5-7-14-9-15(21(26)16(10-14)35-3)29(2)20(32)11-19(31)25(27)22(13)37-25/h4-6,8-10,13,17-19,22,30-31,34H,7,11-12,27H2,1-3H3,(H,28,33)/b5-4+,8-6+/t13-,17+,18-,19+,22+,24+,25+/m1/s1. The van der Waals surface area contributed by atoms with Gasteiger partial charge in [0.05, 0.1) is 19.2 Å². The molecule has 2 saturated heterocycles. The van der Waals surface area contributed by atoms with Crippen LogP contribution in [0, 0.1) is 5.92 Å². The largest absolute Gasteiger partial charge is 0.495 e. The molecule has 1 aromatic carbocycles. The predicted octanol–water partition coefficient (Wildman–Crippen LogP) is 0.969. The highest BCUT2D eigenvalue weighted by molar-refractivity contribution is 6.35. The van der Waals surface area contributed by atoms with Crippen molar-refractivity contribution in [2.45, 2.75) is 62.1 Å². The van der Waals surface area contributed by atoms with Crippen LogP contribution in [0.5, 0.6) is 5.75 Å². The van der Waals surface area contributed by atoms with Crippen molar-refractivity contribution < 1.29 is 39.1 Å². The lowest BCUT2D eigenvalue weighted by Crippen LogP contribution is -2.63. The number of aliphatic hydroxyl groups excluding tert-OH is 2. The third kappa shape index (κ3) is 5.33. The lowest BCUT2D eigenvalue weighted by molar-refractivity contribution is -0.133. The van der Waals surface area contributed by atoms with Crippen LogP contribution in [0.4, 0.5) is 10.5 Å². The molecular weight excluding hydrogens is 506 g/mol. The number of hydrogen-bond donors (Lipinski definition) is 5. The van der Waals surface area contributed by atoms with Crippen LogP contribution in [-0.4, -0.2) is 77.3 Å². The normalized spacial score (nSPS) is 38.2. The summed E-state index contributed by atoms with van der Waals surface area (Å²) < 4.78 is 16.3. The van der Waals surface area contributed by atoms with E-state index in [0.717, 1.165) is 5.56 Å². The van der Waals surface area contributed by atoms with Gasteiger partial charge in [-0.3, -0.25) is 15.8 Å². The number of carbonyl (C=O) groups is 2. The molecule has 11 nitrogen and oxygen atoms in total. The zero-order valence-electron chi connectivity index (χ0n) is 20.8. The Kier molecular flexibility index (Phi) is 7.57. The van der Waals surface area contributed by atoms with Gasteiger partial charge in [0.15, 0.2) is 11.4 Å². The molecule has 0 aliphatic carbocycles. The molecule has 4 rings (SSSR count). The van der Waals surface area contributed by atoms with Crippen molar-refractivity contribution in [3.05, 3.63) is 47.0 Å². The first-order valence-corrected chi connectivity index (χ1v) is 12.3. The highest BCUT2D eigenvalue weighted by Crippen LogP contribution is 2.44. The van der Waals surface area contributed by atoms with E-state index in [1.54, 1.807) is 37.3 Å². The number of halogens is 1. The maximum Gasteiger partial charge on any atom is 0.409 e. The van der Waals surface area contributed by atoms with Crippen molar-refractivity contribution in [3.8, 4) is 5.75 Å². The van der Waals surface area contributed by atoms with Crippen LogP contribution in [-0.2, 0) is 20.7 Å². The number of nitrogens with zero attached hydrogens (tertiary/aromatic N) is 1. The van der Waals surface area contributed by atoms with Crippen molar-refractivity contribution in [1.82, 2.24) is 5.32 Å². The fourth-order valence-corrected chi connectivity index (χ4v) is 5.07. The van der Waals surface area contributed by atoms with Gasteiger partial charge in [-0.15, -0.1) is 0 Å². The van der Waals surface area contributed by atoms with Crippen LogP contribution in [0.25, 0.3) is 0 Å². The van der Waals surface area contributed by atoms with Gasteiger partial charge in [0.25, 0.3) is 0 Å². The van der Waals surface area contributed by atoms with E-state index in [4.69, 9.17) is 31.5 Å². The van der Waals surface area contributed by atoms with Gasteiger partial charge < -0.3 is 34.4 Å². The van der Waals surface area contributed by atoms with E-state index < -0.39 is 53.8 Å². The Morgan fingerprint density at radius 2 is 2.00 bits per heavy atom. The Labute approximate surface area is 219 Å². The van der Waals surface area contributed by atoms with Crippen LogP contribution < -0.4 is 20.7 Å². The van der Waals surface area contributed by atoms with E-state index in [-0.39, 0.29) is 17.9 Å². The number of hydrogen-bond acceptors (Lipinski definition) is 9. The highest BCUT2D eigenvalue weighted by atomic mass is 35.5. The van der Waals surface area contributed by atoms with Crippen LogP contribution in [0.2, 0.25) is 5.02 Å². The van der Waals surface area contributed by atoms with Crippen molar-refractivity contribution in [2.24, 2.45) is 11.7 Å². The van der Waals surface area contributed by atoms with E-state index >= 15 is 0 Å². The van der Waals surface area contributed by atoms with Crippen molar-refractivity contribution >= 4 is 29.3 Å². The molecule has 0 spiro atoms. The van der Waals surface area contributed by atoms with Gasteiger partial charge in [-0.05, 0) is 24.1 Å². The summed E-state index contributed by atoms with van der Waals surface area (Å²) >= 11 is 6.49. The van der Waals surface area contributed by atoms with Crippen LogP contribution in [0.15, 0.2) is 36.4 Å². The minimum absolute atomic E-state index is 0.160. The predicted molar refractivity (Wildman–Crippen MR) is 134 cm³/mol. The molecule has 0 saturated carbocycles. The Balaban J connectivity index is 1.69. The summed E-state index contributed by atoms with van der Waals surface area (Å²) in [6.45, 7) is 1.69. The molecule has 0 unspecified atom stereocenters. The smallest absolute Gasteiger partial charge is 0.409 e. The quantitative estimate of drug-likeness (QED) is 0.328. The first-order chi connectivity index (χ1) is 17.4. The minimum Gasteiger partial charge on any atom is -0.495 e. The number of allylic oxidation sites excluding steroid dienone is 3. The van der Waals surface area contributed by atoms with Crippen LogP contribution in [0.3, 0.4) is 0 Å². The van der Waals surface area contributed by atoms with Gasteiger partial charge >= 0.3 is 6.09 Å². The van der Waals surface area contributed by atoms with E-state index in [2.05, 4.69) is 5.32 Å². The Morgan fingerprint density at radius 1 is 1.27 bits per heavy atom. The van der Waals surface area contributed by atoms with Crippen molar-refractivity contribution in [1.29, 1.82) is 0 Å². The summed E-state index contributed by atoms with van der Waals surface area (Å²) in [6, 6.07) is 3.48. The average Bonchev–Trinajstić information content (AvgIpc) is 3.55. The molecule has 2 amide bonds. The molecule has 7 atom stereocenters. The number of fused-ring (bicyclic) bond motifs is 5. The number of amides is 2. The number of alkyl carbamates (subject to hydrolysis) is 1. The molecule has 3 aliphatic heterocycles. The molecule has 0 aromatic heterocycles. The number of ether oxygens (including phenoxy) is 3. The fourth-order valence-electron chi connectivity index (χ4n) is 4.75. The second-order valence-corrected chi connectivity index (χ2v) is 10.1. The van der Waals surface area contributed by atoms with Gasteiger partial charge in [-0.1, -0.05) is 42.8 Å². The maximum absolute atomic E-state index is 13.1. The van der Waals surface area contributed by atoms with Gasteiger partial charge in [-0.25, -0.2) is 4.79 Å². The summed E-state index contributed by atoms with van der Waals surface area (Å²) in [5.41, 5.74) is 3.91. The molecule has 0 radical (unpaired) electrons. The molecule has 2 fully saturated rings. The Bertz CT molecular complexity index is 1130. The van der Waals surface area contributed by atoms with Crippen molar-refractivity contribution in [2.75, 3.05) is 19.1 Å². The highest BCUT2D eigenvalue weighted by Gasteiger charge is 2.63. The molecule has 202 valence electrons. The van der Waals surface area contributed by atoms with E-state index in [1.165, 1.54) is 25.1 Å². The number of aliphatic hydroxyl groups is 3. The number of rotatable bonds is 1. The number of nitrogens with one attached hydrogen (secondary N) is 1.